The Kier molecular flexibility index (Phi) is 6.67. The second kappa shape index (κ2) is 9.67. The van der Waals surface area contributed by atoms with Crippen LogP contribution in [0.4, 0.5) is 13.2 Å². The maximum absolute atomic E-state index is 13.3. The van der Waals surface area contributed by atoms with E-state index in [0.29, 0.717) is 51.9 Å². The largest absolute Gasteiger partial charge is 0.471 e. The first kappa shape index (κ1) is 26.9. The molecule has 1 aliphatic heterocycles. The maximum Gasteiger partial charge on any atom is 0.471 e. The van der Waals surface area contributed by atoms with Crippen LogP contribution in [-0.2, 0) is 21.4 Å². The average Bonchev–Trinajstić information content (AvgIpc) is 3.62. The number of ketones is 1. The smallest absolute Gasteiger partial charge is 0.359 e. The van der Waals surface area contributed by atoms with Gasteiger partial charge in [-0.1, -0.05) is 23.2 Å². The van der Waals surface area contributed by atoms with E-state index in [0.717, 1.165) is 42.6 Å². The molecule has 0 radical (unpaired) electrons. The molecule has 3 atom stereocenters. The van der Waals surface area contributed by atoms with Crippen LogP contribution in [0.15, 0.2) is 4.52 Å². The van der Waals surface area contributed by atoms with Gasteiger partial charge in [-0.25, -0.2) is 14.6 Å². The van der Waals surface area contributed by atoms with Crippen LogP contribution in [0.25, 0.3) is 22.6 Å². The fourth-order valence-corrected chi connectivity index (χ4v) is 7.73. The molecule has 3 aromatic rings. The molecule has 39 heavy (non-hydrogen) atoms. The van der Waals surface area contributed by atoms with Crippen molar-refractivity contribution in [3.05, 3.63) is 20.2 Å². The van der Waals surface area contributed by atoms with Gasteiger partial charge in [-0.3, -0.25) is 9.59 Å². The highest BCUT2D eigenvalue weighted by atomic mass is 127. The number of likely N-dealkylation sites (tertiary alicyclic amines) is 1. The van der Waals surface area contributed by atoms with Crippen molar-refractivity contribution >= 4 is 56.9 Å². The van der Waals surface area contributed by atoms with Gasteiger partial charge in [-0.15, -0.1) is 0 Å². The third-order valence-corrected chi connectivity index (χ3v) is 9.49. The van der Waals surface area contributed by atoms with Gasteiger partial charge in [0.1, 0.15) is 14.6 Å². The lowest BCUT2D eigenvalue weighted by Crippen LogP contribution is -2.46. The van der Waals surface area contributed by atoms with E-state index in [9.17, 15) is 22.8 Å². The molecular weight excluding hydrogens is 652 g/mol. The molecule has 3 aliphatic rings. The van der Waals surface area contributed by atoms with E-state index in [2.05, 4.69) is 15.2 Å². The third kappa shape index (κ3) is 4.25. The van der Waals surface area contributed by atoms with Gasteiger partial charge in [0.2, 0.25) is 0 Å². The molecule has 0 unspecified atom stereocenters. The predicted molar refractivity (Wildman–Crippen MR) is 142 cm³/mol. The predicted octanol–water partition coefficient (Wildman–Crippen LogP) is 5.57. The van der Waals surface area contributed by atoms with E-state index < -0.39 is 29.6 Å². The molecule has 2 fully saturated rings. The number of Topliss-reactive ketones (excluding diaryl/α,β-unsaturated/α-hetero) is 1. The lowest BCUT2D eigenvalue weighted by Gasteiger charge is -2.36. The van der Waals surface area contributed by atoms with E-state index in [1.54, 1.807) is 6.92 Å². The van der Waals surface area contributed by atoms with Crippen LogP contribution < -0.4 is 0 Å². The lowest BCUT2D eigenvalue weighted by atomic mass is 9.64. The summed E-state index contributed by atoms with van der Waals surface area (Å²) < 4.78 is 47.6. The van der Waals surface area contributed by atoms with Crippen molar-refractivity contribution in [1.29, 1.82) is 0 Å². The number of halogens is 5. The number of aromatic nitrogens is 5. The first-order chi connectivity index (χ1) is 18.5. The number of hydrogen-bond donors (Lipinski definition) is 0. The number of carbonyl (C=O) groups is 2. The summed E-state index contributed by atoms with van der Waals surface area (Å²) in [4.78, 5) is 35.3. The zero-order valence-electron chi connectivity index (χ0n) is 21.0. The standard InChI is InChI=1S/C25H25ClF3IN6O3/c1-12(14-7-5-11-35(14)23(38)25(27,28)29)36-22-16(20(30)33-36)19(26)31-21(32-22)17-13-6-4-10-24(18(13)39-34-17)9-3-2-8-15(24)37/h12,14H,2-11H2,1H3/t12-,14-,24+/m0/s1. The number of nitrogens with zero attached hydrogens (tertiary/aromatic N) is 6. The molecule has 14 heteroatoms. The van der Waals surface area contributed by atoms with E-state index in [4.69, 9.17) is 21.1 Å². The second-order valence-corrected chi connectivity index (χ2v) is 12.0. The van der Waals surface area contributed by atoms with Crippen molar-refractivity contribution in [2.45, 2.75) is 88.4 Å². The first-order valence-corrected chi connectivity index (χ1v) is 14.5. The Balaban J connectivity index is 1.42. The SMILES string of the molecule is C[C@@H]([C@@H]1CCCN1C(=O)C(F)(F)F)n1nc(I)c2c(Cl)nc(-c3noc4c3CCC[C@@]43CCCCC3=O)nc21. The Morgan fingerprint density at radius 1 is 1.18 bits per heavy atom. The molecule has 208 valence electrons. The van der Waals surface area contributed by atoms with Crippen LogP contribution in [0.2, 0.25) is 5.15 Å². The molecule has 1 amide bonds. The van der Waals surface area contributed by atoms with Gasteiger partial charge in [-0.2, -0.15) is 18.3 Å². The fourth-order valence-electron chi connectivity index (χ4n) is 6.59. The molecule has 1 spiro atoms. The van der Waals surface area contributed by atoms with Gasteiger partial charge in [0, 0.05) is 18.5 Å². The van der Waals surface area contributed by atoms with Crippen LogP contribution in [-0.4, -0.2) is 60.3 Å². The van der Waals surface area contributed by atoms with E-state index >= 15 is 0 Å². The highest BCUT2D eigenvalue weighted by Crippen LogP contribution is 2.47. The number of amides is 1. The van der Waals surface area contributed by atoms with E-state index in [1.165, 1.54) is 4.68 Å². The first-order valence-electron chi connectivity index (χ1n) is 13.0. The molecular formula is C25H25ClF3IN6O3. The third-order valence-electron chi connectivity index (χ3n) is 8.47. The summed E-state index contributed by atoms with van der Waals surface area (Å²) in [5, 5.41) is 9.45. The molecule has 0 bridgehead atoms. The van der Waals surface area contributed by atoms with Crippen molar-refractivity contribution in [1.82, 2.24) is 29.8 Å². The van der Waals surface area contributed by atoms with Gasteiger partial charge in [0.15, 0.2) is 22.9 Å². The molecule has 3 aromatic heterocycles. The summed E-state index contributed by atoms with van der Waals surface area (Å²) in [5.74, 6) is -0.867. The number of fused-ring (bicyclic) bond motifs is 3. The van der Waals surface area contributed by atoms with Gasteiger partial charge >= 0.3 is 12.1 Å². The Labute approximate surface area is 240 Å². The van der Waals surface area contributed by atoms with Gasteiger partial charge in [0.25, 0.3) is 0 Å². The Morgan fingerprint density at radius 2 is 1.95 bits per heavy atom. The topological polar surface area (TPSA) is 107 Å². The summed E-state index contributed by atoms with van der Waals surface area (Å²) in [5.41, 5.74) is 0.896. The summed E-state index contributed by atoms with van der Waals surface area (Å²) in [6, 6.07) is -1.33. The molecule has 2 aliphatic carbocycles. The molecule has 1 saturated carbocycles. The van der Waals surface area contributed by atoms with Crippen LogP contribution in [0.5, 0.6) is 0 Å². The van der Waals surface area contributed by atoms with Gasteiger partial charge < -0.3 is 9.42 Å². The summed E-state index contributed by atoms with van der Waals surface area (Å²) in [6.45, 7) is 1.75. The minimum atomic E-state index is -4.95. The quantitative estimate of drug-likeness (QED) is 0.264. The minimum Gasteiger partial charge on any atom is -0.359 e. The van der Waals surface area contributed by atoms with Crippen LogP contribution in [0.1, 0.15) is 75.7 Å². The lowest BCUT2D eigenvalue weighted by molar-refractivity contribution is -0.187. The zero-order chi connectivity index (χ0) is 27.7. The van der Waals surface area contributed by atoms with Crippen molar-refractivity contribution in [3.63, 3.8) is 0 Å². The average molecular weight is 677 g/mol. The summed E-state index contributed by atoms with van der Waals surface area (Å²) in [7, 11) is 0. The Morgan fingerprint density at radius 3 is 2.69 bits per heavy atom. The molecule has 9 nitrogen and oxygen atoms in total. The fraction of sp³-hybridized carbons (Fsp3) is 0.600. The molecule has 0 N–H and O–H groups in total. The normalized spacial score (nSPS) is 24.5. The highest BCUT2D eigenvalue weighted by molar-refractivity contribution is 14.1. The molecule has 6 rings (SSSR count). The van der Waals surface area contributed by atoms with Gasteiger partial charge in [-0.05, 0) is 74.5 Å². The number of alkyl halides is 3. The second-order valence-electron chi connectivity index (χ2n) is 10.6. The van der Waals surface area contributed by atoms with Crippen molar-refractivity contribution in [3.8, 4) is 11.5 Å². The Bertz CT molecular complexity index is 1490. The monoisotopic (exact) mass is 676 g/mol. The van der Waals surface area contributed by atoms with E-state index in [1.807, 2.05) is 22.6 Å². The molecule has 4 heterocycles. The van der Waals surface area contributed by atoms with E-state index in [-0.39, 0.29) is 23.3 Å². The van der Waals surface area contributed by atoms with Gasteiger partial charge in [0.05, 0.1) is 22.9 Å². The molecule has 1 saturated heterocycles. The zero-order valence-corrected chi connectivity index (χ0v) is 23.9. The summed E-state index contributed by atoms with van der Waals surface area (Å²) >= 11 is 8.61. The number of rotatable bonds is 3. The minimum absolute atomic E-state index is 0.0240. The van der Waals surface area contributed by atoms with Crippen LogP contribution in [0.3, 0.4) is 0 Å². The Hall–Kier alpha value is -2.29. The highest BCUT2D eigenvalue weighted by Gasteiger charge is 2.49. The van der Waals surface area contributed by atoms with Crippen LogP contribution in [0, 0.1) is 3.70 Å². The molecule has 0 aromatic carbocycles. The number of hydrogen-bond acceptors (Lipinski definition) is 7. The van der Waals surface area contributed by atoms with Crippen molar-refractivity contribution in [2.24, 2.45) is 0 Å². The van der Waals surface area contributed by atoms with Crippen molar-refractivity contribution in [2.75, 3.05) is 6.54 Å². The van der Waals surface area contributed by atoms with Crippen LogP contribution >= 0.6 is 34.2 Å². The maximum atomic E-state index is 13.3. The van der Waals surface area contributed by atoms with Crippen molar-refractivity contribution < 1.29 is 27.3 Å². The number of carbonyl (C=O) groups excluding carboxylic acids is 2. The summed E-state index contributed by atoms with van der Waals surface area (Å²) in [6.07, 6.45) is 1.17.